The van der Waals surface area contributed by atoms with E-state index in [9.17, 15) is 13.2 Å². The van der Waals surface area contributed by atoms with Crippen LogP contribution in [-0.4, -0.2) is 44.3 Å². The minimum atomic E-state index is -4.45. The van der Waals surface area contributed by atoms with Gasteiger partial charge in [-0.2, -0.15) is 13.2 Å². The van der Waals surface area contributed by atoms with E-state index in [1.807, 2.05) is 26.1 Å². The Balaban J connectivity index is 2.67. The molecular weight excluding hydrogens is 377 g/mol. The normalized spacial score (nSPS) is 13.3. The standard InChI is InChI=1S/C18H25F3N4OS/c1-13(5-6-23-11-14(2)27-8-7-26-4)10-24-16-9-15(18(19,20)21)12-25-17(16)22-3/h5,9-12,23H,6-8H2,1-4H3,(H,22,25)/b13-5+,14-11+,24-10?. The first-order valence-corrected chi connectivity index (χ1v) is 9.24. The highest BCUT2D eigenvalue weighted by Crippen LogP contribution is 2.33. The number of hydrogen-bond acceptors (Lipinski definition) is 6. The van der Waals surface area contributed by atoms with Crippen LogP contribution in [0.25, 0.3) is 0 Å². The molecule has 0 unspecified atom stereocenters. The summed E-state index contributed by atoms with van der Waals surface area (Å²) in [6.07, 6.45) is 1.66. The van der Waals surface area contributed by atoms with E-state index in [4.69, 9.17) is 4.74 Å². The summed E-state index contributed by atoms with van der Waals surface area (Å²) in [5, 5.41) is 5.90. The number of alkyl halides is 3. The molecule has 0 radical (unpaired) electrons. The van der Waals surface area contributed by atoms with E-state index in [2.05, 4.69) is 20.6 Å². The highest BCUT2D eigenvalue weighted by atomic mass is 32.2. The van der Waals surface area contributed by atoms with Crippen molar-refractivity contribution in [1.82, 2.24) is 10.3 Å². The molecule has 0 atom stereocenters. The Morgan fingerprint density at radius 1 is 1.37 bits per heavy atom. The monoisotopic (exact) mass is 402 g/mol. The maximum Gasteiger partial charge on any atom is 0.417 e. The van der Waals surface area contributed by atoms with E-state index in [1.165, 1.54) is 6.21 Å². The molecule has 0 spiro atoms. The Labute approximate surface area is 162 Å². The number of ether oxygens (including phenoxy) is 1. The van der Waals surface area contributed by atoms with Crippen molar-refractivity contribution in [3.63, 3.8) is 0 Å². The molecule has 0 aliphatic carbocycles. The molecule has 0 saturated heterocycles. The fourth-order valence-corrected chi connectivity index (χ4v) is 2.61. The number of aromatic nitrogens is 1. The Morgan fingerprint density at radius 3 is 2.74 bits per heavy atom. The topological polar surface area (TPSA) is 58.5 Å². The van der Waals surface area contributed by atoms with Crippen LogP contribution < -0.4 is 10.6 Å². The molecule has 5 nitrogen and oxygen atoms in total. The molecule has 0 fully saturated rings. The molecule has 0 bridgehead atoms. The summed E-state index contributed by atoms with van der Waals surface area (Å²) in [7, 11) is 3.25. The molecule has 0 saturated carbocycles. The van der Waals surface area contributed by atoms with Crippen molar-refractivity contribution in [1.29, 1.82) is 0 Å². The van der Waals surface area contributed by atoms with Crippen LogP contribution in [0.2, 0.25) is 0 Å². The van der Waals surface area contributed by atoms with Crippen LogP contribution in [0.1, 0.15) is 19.4 Å². The number of hydrogen-bond donors (Lipinski definition) is 2. The van der Waals surface area contributed by atoms with E-state index in [0.717, 1.165) is 28.5 Å². The van der Waals surface area contributed by atoms with Crippen LogP contribution >= 0.6 is 11.8 Å². The number of methoxy groups -OCH3 is 1. The Morgan fingerprint density at radius 2 is 2.11 bits per heavy atom. The van der Waals surface area contributed by atoms with Gasteiger partial charge in [0.15, 0.2) is 5.82 Å². The van der Waals surface area contributed by atoms with Gasteiger partial charge in [0, 0.05) is 45.1 Å². The Hall–Kier alpha value is -2.00. The summed E-state index contributed by atoms with van der Waals surface area (Å²) in [5.74, 6) is 1.18. The van der Waals surface area contributed by atoms with Crippen LogP contribution in [0.4, 0.5) is 24.7 Å². The molecule has 1 heterocycles. The molecule has 0 amide bonds. The number of nitrogens with zero attached hydrogens (tertiary/aromatic N) is 2. The van der Waals surface area contributed by atoms with Crippen LogP contribution in [-0.2, 0) is 10.9 Å². The molecule has 1 aromatic rings. The number of pyridine rings is 1. The van der Waals surface area contributed by atoms with E-state index in [1.54, 1.807) is 25.9 Å². The van der Waals surface area contributed by atoms with E-state index in [0.29, 0.717) is 13.2 Å². The van der Waals surface area contributed by atoms with Crippen molar-refractivity contribution in [3.8, 4) is 0 Å². The molecule has 0 aromatic carbocycles. The highest BCUT2D eigenvalue weighted by molar-refractivity contribution is 8.03. The number of rotatable bonds is 10. The van der Waals surface area contributed by atoms with Gasteiger partial charge < -0.3 is 15.4 Å². The maximum atomic E-state index is 12.8. The van der Waals surface area contributed by atoms with Gasteiger partial charge in [-0.15, -0.1) is 11.8 Å². The zero-order chi connectivity index (χ0) is 20.3. The molecule has 0 aliphatic rings. The predicted molar refractivity (Wildman–Crippen MR) is 107 cm³/mol. The van der Waals surface area contributed by atoms with Crippen molar-refractivity contribution in [2.45, 2.75) is 20.0 Å². The number of halogens is 3. The Bertz CT molecular complexity index is 688. The van der Waals surface area contributed by atoms with Gasteiger partial charge in [-0.25, -0.2) is 4.98 Å². The first kappa shape index (κ1) is 23.0. The molecule has 0 aliphatic heterocycles. The smallest absolute Gasteiger partial charge is 0.387 e. The van der Waals surface area contributed by atoms with Gasteiger partial charge in [0.05, 0.1) is 12.2 Å². The molecule has 1 rings (SSSR count). The van der Waals surface area contributed by atoms with E-state index < -0.39 is 11.7 Å². The molecule has 1 aromatic heterocycles. The summed E-state index contributed by atoms with van der Waals surface area (Å²) in [4.78, 5) is 9.05. The highest BCUT2D eigenvalue weighted by Gasteiger charge is 2.31. The van der Waals surface area contributed by atoms with Crippen molar-refractivity contribution in [2.75, 3.05) is 38.4 Å². The second kappa shape index (κ2) is 11.7. The summed E-state index contributed by atoms with van der Waals surface area (Å²) < 4.78 is 43.5. The first-order valence-electron chi connectivity index (χ1n) is 8.25. The second-order valence-corrected chi connectivity index (χ2v) is 6.89. The van der Waals surface area contributed by atoms with E-state index in [-0.39, 0.29) is 11.5 Å². The first-order chi connectivity index (χ1) is 12.8. The number of anilines is 1. The van der Waals surface area contributed by atoms with Crippen LogP contribution in [0.15, 0.2) is 40.0 Å². The van der Waals surface area contributed by atoms with Gasteiger partial charge in [-0.1, -0.05) is 6.08 Å². The van der Waals surface area contributed by atoms with Crippen molar-refractivity contribution in [3.05, 3.63) is 40.6 Å². The summed E-state index contributed by atoms with van der Waals surface area (Å²) in [6, 6.07) is 0.976. The molecule has 9 heteroatoms. The zero-order valence-corrected chi connectivity index (χ0v) is 16.7. The lowest BCUT2D eigenvalue weighted by Gasteiger charge is -2.09. The quantitative estimate of drug-likeness (QED) is 0.442. The maximum absolute atomic E-state index is 12.8. The van der Waals surface area contributed by atoms with Crippen molar-refractivity contribution in [2.24, 2.45) is 4.99 Å². The average Bonchev–Trinajstić information content (AvgIpc) is 2.62. The molecular formula is C18H25F3N4OS. The zero-order valence-electron chi connectivity index (χ0n) is 15.9. The Kier molecular flexibility index (Phi) is 9.95. The minimum Gasteiger partial charge on any atom is -0.387 e. The fourth-order valence-electron chi connectivity index (χ4n) is 1.87. The number of aliphatic imine (C=N–C) groups is 1. The van der Waals surface area contributed by atoms with Crippen LogP contribution in [0, 0.1) is 0 Å². The third-order valence-electron chi connectivity index (χ3n) is 3.30. The summed E-state index contributed by atoms with van der Waals surface area (Å²) in [6.45, 7) is 5.12. The average molecular weight is 402 g/mol. The lowest BCUT2D eigenvalue weighted by Crippen LogP contribution is -2.06. The second-order valence-electron chi connectivity index (χ2n) is 5.55. The van der Waals surface area contributed by atoms with Crippen molar-refractivity contribution < 1.29 is 17.9 Å². The predicted octanol–water partition coefficient (Wildman–Crippen LogP) is 4.62. The van der Waals surface area contributed by atoms with Gasteiger partial charge in [0.25, 0.3) is 0 Å². The van der Waals surface area contributed by atoms with Gasteiger partial charge >= 0.3 is 6.18 Å². The third kappa shape index (κ3) is 8.96. The van der Waals surface area contributed by atoms with Crippen LogP contribution in [0.3, 0.4) is 0 Å². The molecule has 150 valence electrons. The van der Waals surface area contributed by atoms with Gasteiger partial charge in [0.2, 0.25) is 0 Å². The summed E-state index contributed by atoms with van der Waals surface area (Å²) in [5.41, 5.74) is 0.127. The minimum absolute atomic E-state index is 0.137. The number of thioether (sulfide) groups is 1. The van der Waals surface area contributed by atoms with E-state index >= 15 is 0 Å². The SMILES string of the molecule is CNc1ncc(C(F)(F)F)cc1N=C/C(C)=C/CN/C=C(\C)SCCOC. The van der Waals surface area contributed by atoms with Gasteiger partial charge in [-0.3, -0.25) is 4.99 Å². The largest absolute Gasteiger partial charge is 0.417 e. The third-order valence-corrected chi connectivity index (χ3v) is 4.25. The van der Waals surface area contributed by atoms with Gasteiger partial charge in [0.1, 0.15) is 5.69 Å². The molecule has 27 heavy (non-hydrogen) atoms. The lowest BCUT2D eigenvalue weighted by molar-refractivity contribution is -0.137. The number of nitrogens with one attached hydrogen (secondary N) is 2. The van der Waals surface area contributed by atoms with Crippen molar-refractivity contribution >= 4 is 29.5 Å². The van der Waals surface area contributed by atoms with Gasteiger partial charge in [-0.05, 0) is 30.4 Å². The fraction of sp³-hybridized carbons (Fsp3) is 0.444. The van der Waals surface area contributed by atoms with Crippen LogP contribution in [0.5, 0.6) is 0 Å². The summed E-state index contributed by atoms with van der Waals surface area (Å²) >= 11 is 1.70. The number of allylic oxidation sites excluding steroid dienone is 2. The molecule has 2 N–H and O–H groups in total. The lowest BCUT2D eigenvalue weighted by atomic mass is 10.2.